The Morgan fingerprint density at radius 3 is 1.88 bits per heavy atom. The van der Waals surface area contributed by atoms with Gasteiger partial charge in [-0.05, 0) is 0 Å². The molecule has 50 valence electrons. The fraction of sp³-hybridized carbons (Fsp3) is 1.00. The summed E-state index contributed by atoms with van der Waals surface area (Å²) in [5, 5.41) is 9.40. The van der Waals surface area contributed by atoms with Gasteiger partial charge in [0.1, 0.15) is 0 Å². The van der Waals surface area contributed by atoms with Gasteiger partial charge in [-0.1, -0.05) is 0 Å². The number of hydrogen-bond donors (Lipinski definition) is 4. The third-order valence-electron chi connectivity index (χ3n) is 0.321. The lowest BCUT2D eigenvalue weighted by Gasteiger charge is -2.22. The van der Waals surface area contributed by atoms with E-state index in [9.17, 15) is 5.21 Å². The number of hydrogen-bond acceptors (Lipinski definition) is 5. The lowest BCUT2D eigenvalue weighted by molar-refractivity contribution is -1.05. The molecule has 6 nitrogen and oxygen atoms in total. The molecule has 0 spiro atoms. The van der Waals surface area contributed by atoms with Crippen molar-refractivity contribution in [3.05, 3.63) is 5.21 Å². The van der Waals surface area contributed by atoms with Gasteiger partial charge in [-0.25, -0.2) is 5.23 Å². The van der Waals surface area contributed by atoms with E-state index in [0.717, 1.165) is 0 Å². The van der Waals surface area contributed by atoms with Crippen molar-refractivity contribution in [3.63, 3.8) is 0 Å². The van der Waals surface area contributed by atoms with Crippen LogP contribution in [0, 0.1) is 5.21 Å². The molecule has 0 rings (SSSR count). The van der Waals surface area contributed by atoms with E-state index >= 15 is 0 Å². The zero-order valence-corrected chi connectivity index (χ0v) is 4.55. The lowest BCUT2D eigenvalue weighted by atomic mass is 10.8. The quantitative estimate of drug-likeness (QED) is 0.223. The summed E-state index contributed by atoms with van der Waals surface area (Å²) >= 11 is 0. The summed E-state index contributed by atoms with van der Waals surface area (Å²) in [5.41, 5.74) is 14.5. The normalized spacial score (nSPS) is 16.1. The van der Waals surface area contributed by atoms with Crippen molar-refractivity contribution in [2.45, 2.75) is 5.97 Å². The second-order valence-corrected chi connectivity index (χ2v) is 1.45. The average Bonchev–Trinajstić information content (AvgIpc) is 1.21. The molecule has 8 heavy (non-hydrogen) atoms. The predicted octanol–water partition coefficient (Wildman–Crippen LogP) is -3.58. The SMILES string of the molecule is C[NH+]([O-])OC(N)(N)N. The zero-order chi connectivity index (χ0) is 6.78. The zero-order valence-electron chi connectivity index (χ0n) is 4.55. The topological polar surface area (TPSA) is 115 Å². The Bertz CT molecular complexity index is 66.9. The maximum Gasteiger partial charge on any atom is 0.282 e. The third-order valence-corrected chi connectivity index (χ3v) is 0.321. The first-order valence-corrected chi connectivity index (χ1v) is 1.98. The fourth-order valence-electron chi connectivity index (χ4n) is 0.249. The highest BCUT2D eigenvalue weighted by molar-refractivity contribution is 4.44. The van der Waals surface area contributed by atoms with Crippen molar-refractivity contribution in [3.8, 4) is 0 Å². The van der Waals surface area contributed by atoms with Crippen LogP contribution in [-0.4, -0.2) is 13.0 Å². The highest BCUT2D eigenvalue weighted by Gasteiger charge is 2.14. The van der Waals surface area contributed by atoms with Gasteiger partial charge in [0.15, 0.2) is 0 Å². The second-order valence-electron chi connectivity index (χ2n) is 1.45. The number of quaternary nitrogens is 1. The summed E-state index contributed by atoms with van der Waals surface area (Å²) < 4.78 is 0. The van der Waals surface area contributed by atoms with Crippen LogP contribution in [0.25, 0.3) is 0 Å². The summed E-state index contributed by atoms with van der Waals surface area (Å²) in [6.07, 6.45) is 0. The number of nitrogens with one attached hydrogen (secondary N) is 1. The maximum absolute atomic E-state index is 10.00. The molecule has 0 amide bonds. The number of nitrogens with two attached hydrogens (primary N) is 3. The summed E-state index contributed by atoms with van der Waals surface area (Å²) in [6.45, 7) is 0. The molecular formula is C2H10N4O2. The fourth-order valence-corrected chi connectivity index (χ4v) is 0.249. The van der Waals surface area contributed by atoms with Crippen LogP contribution in [0.1, 0.15) is 0 Å². The molecule has 6 heteroatoms. The minimum absolute atomic E-state index is 0.600. The van der Waals surface area contributed by atoms with E-state index in [2.05, 4.69) is 4.84 Å². The minimum Gasteiger partial charge on any atom is -0.600 e. The molecule has 0 saturated carbocycles. The summed E-state index contributed by atoms with van der Waals surface area (Å²) in [6, 6.07) is 0. The Morgan fingerprint density at radius 2 is 1.88 bits per heavy atom. The van der Waals surface area contributed by atoms with Crippen LogP contribution in [0.2, 0.25) is 0 Å². The van der Waals surface area contributed by atoms with Gasteiger partial charge in [0.25, 0.3) is 5.97 Å². The van der Waals surface area contributed by atoms with Gasteiger partial charge < -0.3 is 5.21 Å². The molecule has 0 aliphatic rings. The number of rotatable bonds is 2. The molecule has 0 saturated heterocycles. The smallest absolute Gasteiger partial charge is 0.282 e. The van der Waals surface area contributed by atoms with E-state index in [0.29, 0.717) is 0 Å². The van der Waals surface area contributed by atoms with Crippen LogP contribution in [0.4, 0.5) is 0 Å². The van der Waals surface area contributed by atoms with E-state index in [1.54, 1.807) is 0 Å². The Labute approximate surface area is 46.7 Å². The first kappa shape index (κ1) is 7.76. The predicted molar refractivity (Wildman–Crippen MR) is 26.6 cm³/mol. The highest BCUT2D eigenvalue weighted by Crippen LogP contribution is 1.67. The van der Waals surface area contributed by atoms with Crippen molar-refractivity contribution in [2.24, 2.45) is 17.2 Å². The molecule has 1 unspecified atom stereocenters. The Morgan fingerprint density at radius 1 is 1.50 bits per heavy atom. The standard InChI is InChI=1S/C2H10N4O2/c1-6(7)8-2(3,4)5/h6H,3-5H2,1H3. The van der Waals surface area contributed by atoms with Gasteiger partial charge in [0, 0.05) is 0 Å². The van der Waals surface area contributed by atoms with Crippen LogP contribution in [-0.2, 0) is 4.84 Å². The van der Waals surface area contributed by atoms with Gasteiger partial charge >= 0.3 is 0 Å². The highest BCUT2D eigenvalue weighted by atomic mass is 16.9. The van der Waals surface area contributed by atoms with E-state index in [1.807, 2.05) is 0 Å². The van der Waals surface area contributed by atoms with Crippen LogP contribution < -0.4 is 22.4 Å². The van der Waals surface area contributed by atoms with Crippen molar-refractivity contribution in [1.82, 2.24) is 0 Å². The Balaban J connectivity index is 3.39. The van der Waals surface area contributed by atoms with Crippen molar-refractivity contribution < 1.29 is 10.1 Å². The molecule has 0 aliphatic heterocycles. The molecule has 1 atom stereocenters. The minimum atomic E-state index is -1.83. The van der Waals surface area contributed by atoms with Crippen molar-refractivity contribution in [2.75, 3.05) is 7.05 Å². The molecule has 0 heterocycles. The van der Waals surface area contributed by atoms with Gasteiger partial charge in [-0.3, -0.25) is 17.2 Å². The van der Waals surface area contributed by atoms with Gasteiger partial charge in [0.05, 0.1) is 7.05 Å². The van der Waals surface area contributed by atoms with Crippen molar-refractivity contribution in [1.29, 1.82) is 0 Å². The van der Waals surface area contributed by atoms with Gasteiger partial charge in [-0.2, -0.15) is 0 Å². The molecule has 0 aromatic carbocycles. The monoisotopic (exact) mass is 122 g/mol. The van der Waals surface area contributed by atoms with Gasteiger partial charge in [-0.15, -0.1) is 4.84 Å². The van der Waals surface area contributed by atoms with Crippen LogP contribution >= 0.6 is 0 Å². The van der Waals surface area contributed by atoms with Crippen LogP contribution in [0.3, 0.4) is 0 Å². The summed E-state index contributed by atoms with van der Waals surface area (Å²) in [4.78, 5) is 4.13. The second kappa shape index (κ2) is 2.35. The maximum atomic E-state index is 10.00. The number of hydroxylamine groups is 2. The van der Waals surface area contributed by atoms with E-state index in [1.165, 1.54) is 7.05 Å². The molecule has 7 N–H and O–H groups in total. The molecular weight excluding hydrogens is 112 g/mol. The summed E-state index contributed by atoms with van der Waals surface area (Å²) in [7, 11) is 1.17. The van der Waals surface area contributed by atoms with Crippen LogP contribution in [0.5, 0.6) is 0 Å². The van der Waals surface area contributed by atoms with E-state index < -0.39 is 11.2 Å². The molecule has 0 aromatic rings. The Kier molecular flexibility index (Phi) is 2.28. The molecule has 0 bridgehead atoms. The third kappa shape index (κ3) is 5.76. The molecule has 0 aromatic heterocycles. The summed E-state index contributed by atoms with van der Waals surface area (Å²) in [5.74, 6) is -1.83. The molecule has 0 fully saturated rings. The largest absolute Gasteiger partial charge is 0.600 e. The van der Waals surface area contributed by atoms with Crippen LogP contribution in [0.15, 0.2) is 0 Å². The van der Waals surface area contributed by atoms with E-state index in [4.69, 9.17) is 17.2 Å². The average molecular weight is 122 g/mol. The lowest BCUT2D eigenvalue weighted by Crippen LogP contribution is -3.06. The first-order chi connectivity index (χ1) is 3.42. The van der Waals surface area contributed by atoms with Gasteiger partial charge in [0.2, 0.25) is 0 Å². The Hall–Kier alpha value is -0.240. The van der Waals surface area contributed by atoms with Crippen molar-refractivity contribution >= 4 is 0 Å². The molecule has 0 aliphatic carbocycles. The first-order valence-electron chi connectivity index (χ1n) is 1.98. The molecule has 0 radical (unpaired) electrons. The van der Waals surface area contributed by atoms with E-state index in [-0.39, 0.29) is 0 Å².